The SMILES string of the molecule is COc1cc(CC(=O)N2CCCC[C@@H]2[C@H](C)N)ccc1C. The number of aryl methyl sites for hydroxylation is 1. The van der Waals surface area contributed by atoms with Crippen LogP contribution in [0.2, 0.25) is 0 Å². The molecule has 0 aromatic heterocycles. The van der Waals surface area contributed by atoms with Gasteiger partial charge in [-0.2, -0.15) is 0 Å². The van der Waals surface area contributed by atoms with Crippen LogP contribution in [0.5, 0.6) is 5.75 Å². The Morgan fingerprint density at radius 2 is 2.24 bits per heavy atom. The third kappa shape index (κ3) is 3.76. The second kappa shape index (κ2) is 6.94. The second-order valence-electron chi connectivity index (χ2n) is 5.99. The van der Waals surface area contributed by atoms with Gasteiger partial charge < -0.3 is 15.4 Å². The standard InChI is InChI=1S/C17H26N2O2/c1-12-7-8-14(10-16(12)21-3)11-17(20)19-9-5-4-6-15(19)13(2)18/h7-8,10,13,15H,4-6,9,11,18H2,1-3H3/t13-,15+/m0/s1. The van der Waals surface area contributed by atoms with E-state index in [4.69, 9.17) is 10.5 Å². The van der Waals surface area contributed by atoms with E-state index in [0.717, 1.165) is 42.7 Å². The molecule has 1 heterocycles. The fourth-order valence-electron chi connectivity index (χ4n) is 3.06. The number of amides is 1. The Labute approximate surface area is 127 Å². The Morgan fingerprint density at radius 1 is 1.48 bits per heavy atom. The fourth-order valence-corrected chi connectivity index (χ4v) is 3.06. The van der Waals surface area contributed by atoms with Crippen molar-refractivity contribution in [3.8, 4) is 5.75 Å². The maximum atomic E-state index is 12.6. The molecule has 1 amide bonds. The summed E-state index contributed by atoms with van der Waals surface area (Å²) in [5.74, 6) is 1.01. The summed E-state index contributed by atoms with van der Waals surface area (Å²) in [6, 6.07) is 6.17. The highest BCUT2D eigenvalue weighted by Gasteiger charge is 2.29. The summed E-state index contributed by atoms with van der Waals surface area (Å²) >= 11 is 0. The lowest BCUT2D eigenvalue weighted by Gasteiger charge is -2.38. The van der Waals surface area contributed by atoms with Gasteiger partial charge in [0.2, 0.25) is 5.91 Å². The third-order valence-electron chi connectivity index (χ3n) is 4.30. The molecule has 2 atom stereocenters. The molecule has 4 nitrogen and oxygen atoms in total. The number of benzene rings is 1. The molecule has 1 aromatic carbocycles. The van der Waals surface area contributed by atoms with E-state index in [9.17, 15) is 4.79 Å². The lowest BCUT2D eigenvalue weighted by molar-refractivity contribution is -0.134. The van der Waals surface area contributed by atoms with E-state index in [2.05, 4.69) is 0 Å². The summed E-state index contributed by atoms with van der Waals surface area (Å²) in [5, 5.41) is 0. The van der Waals surface area contributed by atoms with Crippen LogP contribution in [0.1, 0.15) is 37.3 Å². The van der Waals surface area contributed by atoms with E-state index in [1.165, 1.54) is 0 Å². The number of carbonyl (C=O) groups excluding carboxylic acids is 1. The van der Waals surface area contributed by atoms with Crippen molar-refractivity contribution >= 4 is 5.91 Å². The van der Waals surface area contributed by atoms with Gasteiger partial charge >= 0.3 is 0 Å². The molecule has 2 N–H and O–H groups in total. The van der Waals surface area contributed by atoms with Crippen molar-refractivity contribution in [1.82, 2.24) is 4.90 Å². The van der Waals surface area contributed by atoms with E-state index < -0.39 is 0 Å². The lowest BCUT2D eigenvalue weighted by atomic mass is 9.96. The van der Waals surface area contributed by atoms with Gasteiger partial charge in [-0.15, -0.1) is 0 Å². The van der Waals surface area contributed by atoms with Crippen LogP contribution in [0, 0.1) is 6.92 Å². The van der Waals surface area contributed by atoms with Gasteiger partial charge in [0.15, 0.2) is 0 Å². The monoisotopic (exact) mass is 290 g/mol. The molecule has 0 bridgehead atoms. The van der Waals surface area contributed by atoms with Crippen LogP contribution in [0.25, 0.3) is 0 Å². The van der Waals surface area contributed by atoms with Crippen molar-refractivity contribution in [1.29, 1.82) is 0 Å². The van der Waals surface area contributed by atoms with Gasteiger partial charge in [-0.25, -0.2) is 0 Å². The van der Waals surface area contributed by atoms with Crippen molar-refractivity contribution in [2.45, 2.75) is 51.6 Å². The van der Waals surface area contributed by atoms with Crippen LogP contribution >= 0.6 is 0 Å². The Kier molecular flexibility index (Phi) is 5.23. The van der Waals surface area contributed by atoms with Crippen molar-refractivity contribution in [2.75, 3.05) is 13.7 Å². The highest BCUT2D eigenvalue weighted by atomic mass is 16.5. The maximum absolute atomic E-state index is 12.6. The Hall–Kier alpha value is -1.55. The number of likely N-dealkylation sites (tertiary alicyclic amines) is 1. The molecule has 21 heavy (non-hydrogen) atoms. The molecule has 1 aromatic rings. The highest BCUT2D eigenvalue weighted by Crippen LogP contribution is 2.22. The van der Waals surface area contributed by atoms with Gasteiger partial charge in [-0.3, -0.25) is 4.79 Å². The number of rotatable bonds is 4. The average Bonchev–Trinajstić information content (AvgIpc) is 2.49. The molecule has 1 saturated heterocycles. The number of nitrogens with two attached hydrogens (primary N) is 1. The highest BCUT2D eigenvalue weighted by molar-refractivity contribution is 5.79. The summed E-state index contributed by atoms with van der Waals surface area (Å²) < 4.78 is 5.33. The molecule has 0 unspecified atom stereocenters. The van der Waals surface area contributed by atoms with Crippen molar-refractivity contribution in [2.24, 2.45) is 5.73 Å². The number of nitrogens with zero attached hydrogens (tertiary/aromatic N) is 1. The zero-order chi connectivity index (χ0) is 15.4. The number of methoxy groups -OCH3 is 1. The second-order valence-corrected chi connectivity index (χ2v) is 5.99. The smallest absolute Gasteiger partial charge is 0.227 e. The lowest BCUT2D eigenvalue weighted by Crippen LogP contribution is -2.52. The van der Waals surface area contributed by atoms with Gasteiger partial charge in [0, 0.05) is 18.6 Å². The molecule has 4 heteroatoms. The van der Waals surface area contributed by atoms with E-state index in [0.29, 0.717) is 6.42 Å². The number of carbonyl (C=O) groups is 1. The van der Waals surface area contributed by atoms with Gasteiger partial charge in [-0.05, 0) is 50.3 Å². The molecule has 0 saturated carbocycles. The van der Waals surface area contributed by atoms with Crippen molar-refractivity contribution in [3.63, 3.8) is 0 Å². The topological polar surface area (TPSA) is 55.6 Å². The molecule has 1 fully saturated rings. The van der Waals surface area contributed by atoms with Crippen molar-refractivity contribution < 1.29 is 9.53 Å². The molecular weight excluding hydrogens is 264 g/mol. The van der Waals surface area contributed by atoms with Crippen LogP contribution < -0.4 is 10.5 Å². The van der Waals surface area contributed by atoms with Crippen LogP contribution in [0.3, 0.4) is 0 Å². The van der Waals surface area contributed by atoms with E-state index in [1.807, 2.05) is 36.9 Å². The first-order valence-electron chi connectivity index (χ1n) is 7.71. The Balaban J connectivity index is 2.09. The van der Waals surface area contributed by atoms with Gasteiger partial charge in [0.25, 0.3) is 0 Å². The van der Waals surface area contributed by atoms with E-state index in [-0.39, 0.29) is 18.0 Å². The molecule has 0 radical (unpaired) electrons. The van der Waals surface area contributed by atoms with Crippen molar-refractivity contribution in [3.05, 3.63) is 29.3 Å². The van der Waals surface area contributed by atoms with Gasteiger partial charge in [0.1, 0.15) is 5.75 Å². The summed E-state index contributed by atoms with van der Waals surface area (Å²) in [6.45, 7) is 4.82. The first-order valence-corrected chi connectivity index (χ1v) is 7.71. The number of hydrogen-bond acceptors (Lipinski definition) is 3. The Bertz CT molecular complexity index is 500. The zero-order valence-electron chi connectivity index (χ0n) is 13.3. The summed E-state index contributed by atoms with van der Waals surface area (Å²) in [4.78, 5) is 14.6. The fraction of sp³-hybridized carbons (Fsp3) is 0.588. The molecule has 116 valence electrons. The molecule has 0 aliphatic carbocycles. The minimum Gasteiger partial charge on any atom is -0.496 e. The zero-order valence-corrected chi connectivity index (χ0v) is 13.3. The first-order chi connectivity index (χ1) is 10.0. The summed E-state index contributed by atoms with van der Waals surface area (Å²) in [7, 11) is 1.66. The largest absolute Gasteiger partial charge is 0.496 e. The normalized spacial score (nSPS) is 20.2. The molecule has 1 aliphatic heterocycles. The predicted octanol–water partition coefficient (Wildman–Crippen LogP) is 2.27. The minimum atomic E-state index is 0.0294. The maximum Gasteiger partial charge on any atom is 0.227 e. The van der Waals surface area contributed by atoms with Crippen LogP contribution in [0.15, 0.2) is 18.2 Å². The quantitative estimate of drug-likeness (QED) is 0.925. The molecular formula is C17H26N2O2. The molecule has 2 rings (SSSR count). The first kappa shape index (κ1) is 15.8. The van der Waals surface area contributed by atoms with E-state index >= 15 is 0 Å². The average molecular weight is 290 g/mol. The van der Waals surface area contributed by atoms with Crippen LogP contribution in [-0.4, -0.2) is 36.5 Å². The van der Waals surface area contributed by atoms with Gasteiger partial charge in [-0.1, -0.05) is 12.1 Å². The van der Waals surface area contributed by atoms with Crippen LogP contribution in [-0.2, 0) is 11.2 Å². The Morgan fingerprint density at radius 3 is 2.90 bits per heavy atom. The minimum absolute atomic E-state index is 0.0294. The molecule has 0 spiro atoms. The summed E-state index contributed by atoms with van der Waals surface area (Å²) in [6.07, 6.45) is 3.67. The van der Waals surface area contributed by atoms with E-state index in [1.54, 1.807) is 7.11 Å². The summed E-state index contributed by atoms with van der Waals surface area (Å²) in [5.41, 5.74) is 8.12. The number of ether oxygens (including phenoxy) is 1. The van der Waals surface area contributed by atoms with Crippen LogP contribution in [0.4, 0.5) is 0 Å². The van der Waals surface area contributed by atoms with Gasteiger partial charge in [0.05, 0.1) is 13.5 Å². The third-order valence-corrected chi connectivity index (χ3v) is 4.30. The number of hydrogen-bond donors (Lipinski definition) is 1. The molecule has 1 aliphatic rings. The number of piperidine rings is 1. The predicted molar refractivity (Wildman–Crippen MR) is 84.4 cm³/mol.